The van der Waals surface area contributed by atoms with Gasteiger partial charge in [0, 0.05) is 23.1 Å². The summed E-state index contributed by atoms with van der Waals surface area (Å²) in [6, 6.07) is 5.15. The van der Waals surface area contributed by atoms with Crippen LogP contribution in [-0.2, 0) is 4.79 Å². The second kappa shape index (κ2) is 7.89. The zero-order chi connectivity index (χ0) is 13.5. The van der Waals surface area contributed by atoms with Gasteiger partial charge in [0.1, 0.15) is 0 Å². The summed E-state index contributed by atoms with van der Waals surface area (Å²) in [4.78, 5) is 12.3. The third-order valence-corrected chi connectivity index (χ3v) is 3.94. The maximum atomic E-state index is 11.5. The minimum absolute atomic E-state index is 0.0630. The normalized spacial score (nSPS) is 12.2. The van der Waals surface area contributed by atoms with Gasteiger partial charge in [-0.1, -0.05) is 30.1 Å². The van der Waals surface area contributed by atoms with E-state index in [9.17, 15) is 4.79 Å². The molecule has 3 nitrogen and oxygen atoms in total. The van der Waals surface area contributed by atoms with Crippen molar-refractivity contribution in [2.45, 2.75) is 11.8 Å². The Morgan fingerprint density at radius 1 is 1.50 bits per heavy atom. The Bertz CT molecular complexity index is 415. The second-order valence-electron chi connectivity index (χ2n) is 3.96. The number of carbonyl (C=O) groups is 1. The maximum absolute atomic E-state index is 11.5. The molecule has 1 amide bonds. The summed E-state index contributed by atoms with van der Waals surface area (Å²) in [5, 5.41) is 12.8. The molecule has 18 heavy (non-hydrogen) atoms. The van der Waals surface area contributed by atoms with Crippen molar-refractivity contribution in [1.29, 1.82) is 0 Å². The summed E-state index contributed by atoms with van der Waals surface area (Å²) in [7, 11) is 0. The minimum atomic E-state index is -0.0867. The number of rotatable bonds is 6. The molecule has 0 spiro atoms. The van der Waals surface area contributed by atoms with E-state index in [1.165, 1.54) is 11.8 Å². The number of aliphatic hydroxyl groups excluding tert-OH is 1. The molecule has 0 radical (unpaired) electrons. The molecule has 0 bridgehead atoms. The quantitative estimate of drug-likeness (QED) is 0.795. The highest BCUT2D eigenvalue weighted by molar-refractivity contribution is 8.00. The third kappa shape index (κ3) is 5.48. The summed E-state index contributed by atoms with van der Waals surface area (Å²) in [6.07, 6.45) is 0. The van der Waals surface area contributed by atoms with Crippen LogP contribution in [0.3, 0.4) is 0 Å². The van der Waals surface area contributed by atoms with Crippen molar-refractivity contribution in [2.75, 3.05) is 18.9 Å². The monoisotopic (exact) mass is 307 g/mol. The van der Waals surface area contributed by atoms with Crippen LogP contribution >= 0.6 is 35.0 Å². The first-order chi connectivity index (χ1) is 8.52. The molecule has 0 heterocycles. The molecular formula is C12H15Cl2NO2S. The number of aliphatic hydroxyl groups is 1. The molecule has 6 heteroatoms. The number of amides is 1. The van der Waals surface area contributed by atoms with Crippen LogP contribution in [0.25, 0.3) is 0 Å². The summed E-state index contributed by atoms with van der Waals surface area (Å²) in [5.74, 6) is 0.253. The highest BCUT2D eigenvalue weighted by atomic mass is 35.5. The lowest BCUT2D eigenvalue weighted by atomic mass is 10.2. The zero-order valence-electron chi connectivity index (χ0n) is 9.95. The Balaban J connectivity index is 2.40. The predicted molar refractivity (Wildman–Crippen MR) is 76.4 cm³/mol. The first kappa shape index (κ1) is 15.6. The van der Waals surface area contributed by atoms with E-state index < -0.39 is 0 Å². The lowest BCUT2D eigenvalue weighted by molar-refractivity contribution is -0.118. The molecule has 1 atom stereocenters. The molecule has 0 saturated carbocycles. The number of halogens is 2. The van der Waals surface area contributed by atoms with Crippen molar-refractivity contribution >= 4 is 40.9 Å². The van der Waals surface area contributed by atoms with E-state index in [0.29, 0.717) is 16.6 Å². The third-order valence-electron chi connectivity index (χ3n) is 2.21. The Kier molecular flexibility index (Phi) is 6.86. The average Bonchev–Trinajstić information content (AvgIpc) is 2.36. The van der Waals surface area contributed by atoms with Crippen LogP contribution in [0, 0.1) is 5.92 Å². The fourth-order valence-corrected chi connectivity index (χ4v) is 2.46. The average molecular weight is 308 g/mol. The van der Waals surface area contributed by atoms with Gasteiger partial charge in [0.25, 0.3) is 0 Å². The van der Waals surface area contributed by atoms with Gasteiger partial charge in [-0.2, -0.15) is 0 Å². The Hall–Kier alpha value is -0.420. The van der Waals surface area contributed by atoms with Crippen molar-refractivity contribution < 1.29 is 9.90 Å². The molecule has 0 aromatic heterocycles. The standard InChI is InChI=1S/C12H15Cl2NO2S/c1-8(6-16)5-15-12(17)7-18-11-4-9(13)2-3-10(11)14/h2-4,8,16H,5-7H2,1H3,(H,15,17). The smallest absolute Gasteiger partial charge is 0.230 e. The topological polar surface area (TPSA) is 49.3 Å². The summed E-state index contributed by atoms with van der Waals surface area (Å²) in [5.41, 5.74) is 0. The fourth-order valence-electron chi connectivity index (χ4n) is 1.13. The number of hydrogen-bond acceptors (Lipinski definition) is 3. The van der Waals surface area contributed by atoms with E-state index in [1.807, 2.05) is 6.92 Å². The van der Waals surface area contributed by atoms with Crippen LogP contribution in [0.1, 0.15) is 6.92 Å². The van der Waals surface area contributed by atoms with Crippen LogP contribution < -0.4 is 5.32 Å². The van der Waals surface area contributed by atoms with Gasteiger partial charge in [0.15, 0.2) is 0 Å². The molecule has 0 aliphatic rings. The van der Waals surface area contributed by atoms with Crippen LogP contribution in [0.15, 0.2) is 23.1 Å². The minimum Gasteiger partial charge on any atom is -0.396 e. The van der Waals surface area contributed by atoms with Gasteiger partial charge < -0.3 is 10.4 Å². The molecular weight excluding hydrogens is 293 g/mol. The van der Waals surface area contributed by atoms with Gasteiger partial charge in [-0.05, 0) is 24.1 Å². The molecule has 2 N–H and O–H groups in total. The number of thioether (sulfide) groups is 1. The lowest BCUT2D eigenvalue weighted by Crippen LogP contribution is -2.30. The maximum Gasteiger partial charge on any atom is 0.230 e. The number of nitrogens with one attached hydrogen (secondary N) is 1. The van der Waals surface area contributed by atoms with Crippen molar-refractivity contribution in [3.8, 4) is 0 Å². The van der Waals surface area contributed by atoms with E-state index in [2.05, 4.69) is 5.32 Å². The largest absolute Gasteiger partial charge is 0.396 e. The van der Waals surface area contributed by atoms with Gasteiger partial charge in [-0.15, -0.1) is 11.8 Å². The Labute approximate surface area is 121 Å². The van der Waals surface area contributed by atoms with Crippen molar-refractivity contribution in [3.05, 3.63) is 28.2 Å². The molecule has 1 rings (SSSR count). The number of benzene rings is 1. The molecule has 0 saturated heterocycles. The van der Waals surface area contributed by atoms with Crippen LogP contribution in [0.2, 0.25) is 10.0 Å². The van der Waals surface area contributed by atoms with Crippen LogP contribution in [0.5, 0.6) is 0 Å². The predicted octanol–water partition coefficient (Wildman–Crippen LogP) is 2.83. The molecule has 0 aliphatic carbocycles. The van der Waals surface area contributed by atoms with Crippen molar-refractivity contribution in [1.82, 2.24) is 5.32 Å². The molecule has 0 fully saturated rings. The van der Waals surface area contributed by atoms with Crippen molar-refractivity contribution in [2.24, 2.45) is 5.92 Å². The SMILES string of the molecule is CC(CO)CNC(=O)CSc1cc(Cl)ccc1Cl. The first-order valence-corrected chi connectivity index (χ1v) is 7.22. The van der Waals surface area contributed by atoms with E-state index in [4.69, 9.17) is 28.3 Å². The molecule has 1 unspecified atom stereocenters. The van der Waals surface area contributed by atoms with Gasteiger partial charge in [-0.3, -0.25) is 4.79 Å². The van der Waals surface area contributed by atoms with Gasteiger partial charge in [0.2, 0.25) is 5.91 Å². The summed E-state index contributed by atoms with van der Waals surface area (Å²) >= 11 is 13.2. The summed E-state index contributed by atoms with van der Waals surface area (Å²) in [6.45, 7) is 2.40. The zero-order valence-corrected chi connectivity index (χ0v) is 12.3. The highest BCUT2D eigenvalue weighted by Gasteiger charge is 2.07. The van der Waals surface area contributed by atoms with E-state index in [0.717, 1.165) is 4.90 Å². The lowest BCUT2D eigenvalue weighted by Gasteiger charge is -2.09. The van der Waals surface area contributed by atoms with Gasteiger partial charge >= 0.3 is 0 Å². The van der Waals surface area contributed by atoms with Crippen LogP contribution in [0.4, 0.5) is 0 Å². The van der Waals surface area contributed by atoms with E-state index in [-0.39, 0.29) is 24.2 Å². The summed E-state index contributed by atoms with van der Waals surface area (Å²) < 4.78 is 0. The fraction of sp³-hybridized carbons (Fsp3) is 0.417. The van der Waals surface area contributed by atoms with Crippen LogP contribution in [-0.4, -0.2) is 29.9 Å². The number of carbonyl (C=O) groups excluding carboxylic acids is 1. The van der Waals surface area contributed by atoms with Gasteiger partial charge in [-0.25, -0.2) is 0 Å². The highest BCUT2D eigenvalue weighted by Crippen LogP contribution is 2.29. The van der Waals surface area contributed by atoms with Crippen molar-refractivity contribution in [3.63, 3.8) is 0 Å². The molecule has 1 aromatic rings. The van der Waals surface area contributed by atoms with Gasteiger partial charge in [0.05, 0.1) is 10.8 Å². The Morgan fingerprint density at radius 2 is 2.22 bits per heavy atom. The van der Waals surface area contributed by atoms with E-state index in [1.54, 1.807) is 18.2 Å². The van der Waals surface area contributed by atoms with E-state index >= 15 is 0 Å². The Morgan fingerprint density at radius 3 is 2.89 bits per heavy atom. The number of hydrogen-bond donors (Lipinski definition) is 2. The second-order valence-corrected chi connectivity index (χ2v) is 5.82. The molecule has 100 valence electrons. The molecule has 1 aromatic carbocycles. The first-order valence-electron chi connectivity index (χ1n) is 5.48. The molecule has 0 aliphatic heterocycles.